The predicted octanol–water partition coefficient (Wildman–Crippen LogP) is 3.09. The van der Waals surface area contributed by atoms with Crippen molar-refractivity contribution in [2.45, 2.75) is 24.9 Å². The average molecular weight is 338 g/mol. The van der Waals surface area contributed by atoms with E-state index in [0.29, 0.717) is 0 Å². The number of phosphoric acid groups is 2. The van der Waals surface area contributed by atoms with E-state index in [1.54, 1.807) is 0 Å². The molecule has 2 aliphatic heterocycles. The van der Waals surface area contributed by atoms with Crippen LogP contribution in [0.25, 0.3) is 0 Å². The highest BCUT2D eigenvalue weighted by atomic mass is 31.3. The molecule has 0 aromatic rings. The minimum absolute atomic E-state index is 2.88. The molecule has 7 nitrogen and oxygen atoms in total. The maximum atomic E-state index is 11.9. The Bertz CT molecular complexity index is 409. The molecule has 2 saturated heterocycles. The lowest BCUT2D eigenvalue weighted by atomic mass is 10.6. The molecule has 0 aromatic heterocycles. The quantitative estimate of drug-likeness (QED) is 0.565. The second kappa shape index (κ2) is 4.17. The molecule has 112 valence electrons. The van der Waals surface area contributed by atoms with Gasteiger partial charge in [0.2, 0.25) is 0 Å². The molecule has 0 spiro atoms. The number of alkyl halides is 6. The molecule has 0 aliphatic carbocycles. The highest BCUT2D eigenvalue weighted by molar-refractivity contribution is 7.63. The summed E-state index contributed by atoms with van der Waals surface area (Å²) in [7, 11) is -9.82. The second-order valence-corrected chi connectivity index (χ2v) is 6.43. The van der Waals surface area contributed by atoms with Crippen molar-refractivity contribution in [2.24, 2.45) is 0 Å². The van der Waals surface area contributed by atoms with Crippen molar-refractivity contribution in [1.29, 1.82) is 0 Å². The van der Waals surface area contributed by atoms with Crippen LogP contribution < -0.4 is 0 Å². The van der Waals surface area contributed by atoms with E-state index < -0.39 is 40.6 Å². The predicted molar refractivity (Wildman–Crippen MR) is 40.3 cm³/mol. The zero-order valence-electron chi connectivity index (χ0n) is 8.17. The Labute approximate surface area is 99.5 Å². The molecular formula is C4H2F6O7P2. The van der Waals surface area contributed by atoms with Gasteiger partial charge >= 0.3 is 28.0 Å². The molecular weight excluding hydrogens is 336 g/mol. The fraction of sp³-hybridized carbons (Fsp3) is 1.00. The summed E-state index contributed by atoms with van der Waals surface area (Å²) >= 11 is 0. The van der Waals surface area contributed by atoms with Gasteiger partial charge in [-0.05, 0) is 0 Å². The van der Waals surface area contributed by atoms with Gasteiger partial charge in [-0.15, -0.1) is 0 Å². The van der Waals surface area contributed by atoms with Crippen LogP contribution in [0.5, 0.6) is 0 Å². The van der Waals surface area contributed by atoms with E-state index in [2.05, 4.69) is 22.4 Å². The van der Waals surface area contributed by atoms with Gasteiger partial charge in [-0.3, -0.25) is 0 Å². The lowest BCUT2D eigenvalue weighted by molar-refractivity contribution is -0.310. The molecule has 19 heavy (non-hydrogen) atoms. The molecule has 2 heterocycles. The molecule has 2 rings (SSSR count). The summed E-state index contributed by atoms with van der Waals surface area (Å²) in [6.45, 7) is 0. The number of rotatable bonds is 2. The first-order valence-electron chi connectivity index (χ1n) is 4.11. The molecule has 15 heteroatoms. The fourth-order valence-electron chi connectivity index (χ4n) is 0.923. The summed E-state index contributed by atoms with van der Waals surface area (Å²) in [5.74, 6) is 0. The van der Waals surface area contributed by atoms with E-state index in [-0.39, 0.29) is 0 Å². The van der Waals surface area contributed by atoms with Crippen molar-refractivity contribution in [3.8, 4) is 0 Å². The number of hydrogen-bond donors (Lipinski definition) is 0. The van der Waals surface area contributed by atoms with Crippen LogP contribution in [0, 0.1) is 0 Å². The summed E-state index contributed by atoms with van der Waals surface area (Å²) in [6, 6.07) is 0. The summed E-state index contributed by atoms with van der Waals surface area (Å²) in [5.41, 5.74) is 0. The summed E-state index contributed by atoms with van der Waals surface area (Å²) in [5, 5.41) is 0. The lowest BCUT2D eigenvalue weighted by Crippen LogP contribution is -2.43. The molecule has 0 aromatic carbocycles. The van der Waals surface area contributed by atoms with Crippen LogP contribution in [0.15, 0.2) is 0 Å². The van der Waals surface area contributed by atoms with Gasteiger partial charge in [-0.25, -0.2) is 27.2 Å². The van der Waals surface area contributed by atoms with Crippen LogP contribution in [-0.2, 0) is 31.5 Å². The van der Waals surface area contributed by atoms with Gasteiger partial charge in [0, 0.05) is 0 Å². The molecule has 2 fully saturated rings. The SMILES string of the molecule is O=P1(OP2(=O)OC(C(F)(F)F)O2)OC(C(F)(F)F)O1. The van der Waals surface area contributed by atoms with Crippen LogP contribution in [0.2, 0.25) is 0 Å². The van der Waals surface area contributed by atoms with Crippen molar-refractivity contribution < 1.29 is 57.9 Å². The Kier molecular flexibility index (Phi) is 3.34. The van der Waals surface area contributed by atoms with Crippen LogP contribution in [0.4, 0.5) is 26.3 Å². The second-order valence-electron chi connectivity index (χ2n) is 3.14. The molecule has 0 saturated carbocycles. The third-order valence-corrected chi connectivity index (χ3v) is 5.03. The topological polar surface area (TPSA) is 80.3 Å². The first kappa shape index (κ1) is 15.2. The van der Waals surface area contributed by atoms with Crippen molar-refractivity contribution in [1.82, 2.24) is 0 Å². The summed E-state index contributed by atoms with van der Waals surface area (Å²) in [6.07, 6.45) is -15.8. The first-order chi connectivity index (χ1) is 8.33. The van der Waals surface area contributed by atoms with E-state index in [0.717, 1.165) is 0 Å². The van der Waals surface area contributed by atoms with Gasteiger partial charge in [-0.1, -0.05) is 0 Å². The largest absolute Gasteiger partial charge is 0.489 e. The third kappa shape index (κ3) is 3.13. The van der Waals surface area contributed by atoms with E-state index >= 15 is 0 Å². The highest BCUT2D eigenvalue weighted by Gasteiger charge is 2.66. The average Bonchev–Trinajstić information content (AvgIpc) is 2.06. The minimum atomic E-state index is -5.03. The van der Waals surface area contributed by atoms with Crippen molar-refractivity contribution in [2.75, 3.05) is 0 Å². The zero-order valence-corrected chi connectivity index (χ0v) is 9.96. The molecule has 0 atom stereocenters. The van der Waals surface area contributed by atoms with Gasteiger partial charge < -0.3 is 0 Å². The van der Waals surface area contributed by atoms with Gasteiger partial charge in [0.1, 0.15) is 0 Å². The van der Waals surface area contributed by atoms with Gasteiger partial charge in [0.25, 0.3) is 12.6 Å². The molecule has 0 amide bonds. The van der Waals surface area contributed by atoms with E-state index in [4.69, 9.17) is 0 Å². The minimum Gasteiger partial charge on any atom is -0.246 e. The number of hydrogen-bond acceptors (Lipinski definition) is 7. The molecule has 0 radical (unpaired) electrons. The molecule has 2 aliphatic rings. The summed E-state index contributed by atoms with van der Waals surface area (Å²) < 4.78 is 112. The van der Waals surface area contributed by atoms with Crippen molar-refractivity contribution >= 4 is 15.6 Å². The first-order valence-corrected chi connectivity index (χ1v) is 7.04. The van der Waals surface area contributed by atoms with Crippen LogP contribution in [0.1, 0.15) is 0 Å². The van der Waals surface area contributed by atoms with Crippen LogP contribution in [0.3, 0.4) is 0 Å². The number of phosphoric ester groups is 2. The summed E-state index contributed by atoms with van der Waals surface area (Å²) in [4.78, 5) is 0. The Morgan fingerprint density at radius 3 is 1.21 bits per heavy atom. The van der Waals surface area contributed by atoms with Crippen molar-refractivity contribution in [3.05, 3.63) is 0 Å². The van der Waals surface area contributed by atoms with Gasteiger partial charge in [0.05, 0.1) is 0 Å². The van der Waals surface area contributed by atoms with E-state index in [9.17, 15) is 35.5 Å². The van der Waals surface area contributed by atoms with Gasteiger partial charge in [-0.2, -0.15) is 30.7 Å². The lowest BCUT2D eigenvalue weighted by Gasteiger charge is -2.39. The fourth-order valence-corrected chi connectivity index (χ4v) is 3.97. The Morgan fingerprint density at radius 1 is 0.737 bits per heavy atom. The smallest absolute Gasteiger partial charge is 0.246 e. The van der Waals surface area contributed by atoms with Crippen LogP contribution >= 0.6 is 15.6 Å². The maximum absolute atomic E-state index is 11.9. The third-order valence-electron chi connectivity index (χ3n) is 1.63. The van der Waals surface area contributed by atoms with Gasteiger partial charge in [0.15, 0.2) is 0 Å². The Morgan fingerprint density at radius 2 is 1.00 bits per heavy atom. The van der Waals surface area contributed by atoms with E-state index in [1.807, 2.05) is 0 Å². The van der Waals surface area contributed by atoms with Crippen molar-refractivity contribution in [3.63, 3.8) is 0 Å². The highest BCUT2D eigenvalue weighted by Crippen LogP contribution is 2.76. The van der Waals surface area contributed by atoms with Crippen LogP contribution in [-0.4, -0.2) is 24.9 Å². The molecule has 0 bridgehead atoms. The van der Waals surface area contributed by atoms with E-state index in [1.165, 1.54) is 0 Å². The standard InChI is InChI=1S/C4H2F6O7P2/c5-3(6,7)1-13-18(11,14-1)17-19(12)15-2(16-19)4(8,9)10/h1-2H. The monoisotopic (exact) mass is 338 g/mol. The molecule has 0 unspecified atom stereocenters. The number of halogens is 6. The molecule has 0 N–H and O–H groups in total. The maximum Gasteiger partial charge on any atom is 0.489 e. The Hall–Kier alpha value is -0.160. The Balaban J connectivity index is 1.88. The zero-order chi connectivity index (χ0) is 14.7. The normalized spacial score (nSPS) is 43.5.